The summed E-state index contributed by atoms with van der Waals surface area (Å²) >= 11 is 0. The van der Waals surface area contributed by atoms with Crippen molar-refractivity contribution in [3.8, 4) is 0 Å². The van der Waals surface area contributed by atoms with E-state index in [1.54, 1.807) is 6.92 Å². The molecule has 2 atom stereocenters. The summed E-state index contributed by atoms with van der Waals surface area (Å²) in [5, 5.41) is 14.5. The van der Waals surface area contributed by atoms with Gasteiger partial charge in [0.1, 0.15) is 5.76 Å². The zero-order valence-corrected chi connectivity index (χ0v) is 12.6. The van der Waals surface area contributed by atoms with Crippen molar-refractivity contribution in [2.45, 2.75) is 50.9 Å². The second-order valence-electron chi connectivity index (χ2n) is 5.99. The first-order chi connectivity index (χ1) is 10.7. The lowest BCUT2D eigenvalue weighted by Crippen LogP contribution is -2.61. The van der Waals surface area contributed by atoms with E-state index in [1.807, 2.05) is 0 Å². The summed E-state index contributed by atoms with van der Waals surface area (Å²) in [6, 6.07) is 2.75. The number of aliphatic hydroxyl groups is 1. The molecule has 23 heavy (non-hydrogen) atoms. The van der Waals surface area contributed by atoms with Gasteiger partial charge in [-0.1, -0.05) is 12.8 Å². The number of amides is 1. The van der Waals surface area contributed by atoms with E-state index in [2.05, 4.69) is 5.10 Å². The van der Waals surface area contributed by atoms with E-state index in [4.69, 9.17) is 4.42 Å². The van der Waals surface area contributed by atoms with Gasteiger partial charge in [0.15, 0.2) is 5.76 Å². The number of nitrogens with zero attached hydrogens (tertiary/aromatic N) is 2. The fourth-order valence-electron chi connectivity index (χ4n) is 3.25. The van der Waals surface area contributed by atoms with Gasteiger partial charge in [0.2, 0.25) is 0 Å². The molecule has 1 aromatic rings. The third-order valence-corrected chi connectivity index (χ3v) is 4.43. The predicted octanol–water partition coefficient (Wildman–Crippen LogP) is 3.23. The van der Waals surface area contributed by atoms with Crippen molar-refractivity contribution in [1.29, 1.82) is 0 Å². The average molecular weight is 330 g/mol. The number of fused-ring (bicyclic) bond motifs is 1. The van der Waals surface area contributed by atoms with E-state index < -0.39 is 23.7 Å². The maximum absolute atomic E-state index is 13.6. The molecule has 8 heteroatoms. The molecule has 2 aliphatic rings. The second kappa shape index (κ2) is 5.36. The molecule has 126 valence electrons. The number of rotatable bonds is 1. The number of carbonyl (C=O) groups excluding carboxylic acids is 1. The number of aryl methyl sites for hydroxylation is 1. The van der Waals surface area contributed by atoms with Crippen molar-refractivity contribution >= 4 is 11.6 Å². The topological polar surface area (TPSA) is 66.0 Å². The van der Waals surface area contributed by atoms with Crippen LogP contribution in [0.1, 0.15) is 48.4 Å². The monoisotopic (exact) mass is 330 g/mol. The van der Waals surface area contributed by atoms with E-state index in [9.17, 15) is 23.1 Å². The molecule has 1 saturated carbocycles. The molecule has 0 radical (unpaired) electrons. The normalized spacial score (nSPS) is 28.3. The van der Waals surface area contributed by atoms with Crippen molar-refractivity contribution in [2.75, 3.05) is 0 Å². The molecule has 1 amide bonds. The summed E-state index contributed by atoms with van der Waals surface area (Å²) in [7, 11) is 0. The van der Waals surface area contributed by atoms with Gasteiger partial charge in [0, 0.05) is 5.71 Å². The van der Waals surface area contributed by atoms with Crippen molar-refractivity contribution in [2.24, 2.45) is 11.0 Å². The van der Waals surface area contributed by atoms with Gasteiger partial charge in [-0.25, -0.2) is 0 Å². The average Bonchev–Trinajstić information content (AvgIpc) is 2.92. The molecular formula is C15H17F3N2O3. The molecule has 1 aliphatic carbocycles. The Morgan fingerprint density at radius 2 is 2.13 bits per heavy atom. The van der Waals surface area contributed by atoms with Crippen molar-refractivity contribution in [3.05, 3.63) is 23.7 Å². The van der Waals surface area contributed by atoms with Gasteiger partial charge >= 0.3 is 12.1 Å². The largest absolute Gasteiger partial charge is 0.456 e. The van der Waals surface area contributed by atoms with Crippen LogP contribution in [-0.4, -0.2) is 33.6 Å². The first-order valence-corrected chi connectivity index (χ1v) is 7.52. The number of carbonyl (C=O) groups is 1. The molecule has 0 bridgehead atoms. The quantitative estimate of drug-likeness (QED) is 0.860. The molecule has 5 nitrogen and oxygen atoms in total. The lowest BCUT2D eigenvalue weighted by molar-refractivity contribution is -0.312. The minimum Gasteiger partial charge on any atom is -0.456 e. The Labute approximate surface area is 130 Å². The number of alkyl halides is 3. The first kappa shape index (κ1) is 16.0. The fourth-order valence-corrected chi connectivity index (χ4v) is 3.25. The number of halogens is 3. The number of hydrogen-bond donors (Lipinski definition) is 1. The lowest BCUT2D eigenvalue weighted by atomic mass is 9.87. The Kier molecular flexibility index (Phi) is 3.74. The van der Waals surface area contributed by atoms with Crippen LogP contribution in [-0.2, 0) is 0 Å². The van der Waals surface area contributed by atoms with Crippen LogP contribution >= 0.6 is 0 Å². The van der Waals surface area contributed by atoms with E-state index in [0.29, 0.717) is 25.0 Å². The maximum Gasteiger partial charge on any atom is 0.439 e. The van der Waals surface area contributed by atoms with Gasteiger partial charge < -0.3 is 9.52 Å². The zero-order chi connectivity index (χ0) is 16.8. The highest BCUT2D eigenvalue weighted by Gasteiger charge is 2.68. The molecule has 0 saturated heterocycles. The molecule has 1 aromatic heterocycles. The van der Waals surface area contributed by atoms with Crippen LogP contribution in [0.15, 0.2) is 21.7 Å². The summed E-state index contributed by atoms with van der Waals surface area (Å²) < 4.78 is 46.0. The Hall–Kier alpha value is -1.83. The van der Waals surface area contributed by atoms with Crippen molar-refractivity contribution < 1.29 is 27.5 Å². The summed E-state index contributed by atoms with van der Waals surface area (Å²) in [5.41, 5.74) is -3.08. The van der Waals surface area contributed by atoms with Gasteiger partial charge in [-0.15, -0.1) is 0 Å². The van der Waals surface area contributed by atoms with Gasteiger partial charge in [0.05, 0.1) is 5.92 Å². The van der Waals surface area contributed by atoms with E-state index in [0.717, 1.165) is 6.42 Å². The lowest BCUT2D eigenvalue weighted by Gasteiger charge is -2.36. The number of hydrogen-bond acceptors (Lipinski definition) is 4. The van der Waals surface area contributed by atoms with Crippen molar-refractivity contribution in [1.82, 2.24) is 5.01 Å². The zero-order valence-electron chi connectivity index (χ0n) is 12.6. The van der Waals surface area contributed by atoms with Crippen LogP contribution in [0.4, 0.5) is 13.2 Å². The number of furan rings is 1. The fraction of sp³-hybridized carbons (Fsp3) is 0.600. The smallest absolute Gasteiger partial charge is 0.439 e. The predicted molar refractivity (Wildman–Crippen MR) is 74.6 cm³/mol. The summed E-state index contributed by atoms with van der Waals surface area (Å²) in [6.45, 7) is 1.58. The molecule has 0 aromatic carbocycles. The molecular weight excluding hydrogens is 313 g/mol. The summed E-state index contributed by atoms with van der Waals surface area (Å²) in [6.07, 6.45) is -2.46. The Bertz CT molecular complexity index is 653. The molecule has 1 N–H and O–H groups in total. The molecule has 1 fully saturated rings. The second-order valence-corrected chi connectivity index (χ2v) is 5.99. The Morgan fingerprint density at radius 1 is 1.39 bits per heavy atom. The third-order valence-electron chi connectivity index (χ3n) is 4.43. The highest BCUT2D eigenvalue weighted by molar-refractivity contribution is 5.97. The van der Waals surface area contributed by atoms with Crippen LogP contribution in [0, 0.1) is 12.8 Å². The Morgan fingerprint density at radius 3 is 2.74 bits per heavy atom. The molecule has 3 rings (SSSR count). The standard InChI is InChI=1S/C15H17F3N2O3/c1-9-7-8-12(23-9)13(21)20-14(22,15(16,17)18)10-5-3-2-4-6-11(10)19-20/h7-8,10,22H,2-6H2,1H3/t10-,14+/m1/s1. The Balaban J connectivity index is 2.04. The van der Waals surface area contributed by atoms with Crippen LogP contribution in [0.25, 0.3) is 0 Å². The minimum absolute atomic E-state index is 0.149. The highest BCUT2D eigenvalue weighted by atomic mass is 19.4. The maximum atomic E-state index is 13.6. The minimum atomic E-state index is -5.01. The van der Waals surface area contributed by atoms with E-state index in [-0.39, 0.29) is 22.9 Å². The molecule has 0 unspecified atom stereocenters. The van der Waals surface area contributed by atoms with Crippen molar-refractivity contribution in [3.63, 3.8) is 0 Å². The van der Waals surface area contributed by atoms with Gasteiger partial charge in [-0.2, -0.15) is 23.3 Å². The van der Waals surface area contributed by atoms with E-state index in [1.165, 1.54) is 12.1 Å². The molecule has 0 spiro atoms. The highest BCUT2D eigenvalue weighted by Crippen LogP contribution is 2.48. The van der Waals surface area contributed by atoms with Crippen LogP contribution < -0.4 is 0 Å². The van der Waals surface area contributed by atoms with Gasteiger partial charge in [-0.3, -0.25) is 4.79 Å². The van der Waals surface area contributed by atoms with Crippen LogP contribution in [0.3, 0.4) is 0 Å². The summed E-state index contributed by atoms with van der Waals surface area (Å²) in [5.74, 6) is -2.18. The SMILES string of the molecule is Cc1ccc(C(=O)N2N=C3CCCCC[C@H]3[C@]2(O)C(F)(F)F)o1. The molecule has 2 heterocycles. The number of hydrazone groups is 1. The first-order valence-electron chi connectivity index (χ1n) is 7.52. The van der Waals surface area contributed by atoms with E-state index >= 15 is 0 Å². The van der Waals surface area contributed by atoms with Gasteiger partial charge in [-0.05, 0) is 38.3 Å². The molecule has 1 aliphatic heterocycles. The summed E-state index contributed by atoms with van der Waals surface area (Å²) in [4.78, 5) is 12.4. The van der Waals surface area contributed by atoms with Crippen LogP contribution in [0.5, 0.6) is 0 Å². The van der Waals surface area contributed by atoms with Gasteiger partial charge in [0.25, 0.3) is 5.72 Å². The van der Waals surface area contributed by atoms with Crippen LogP contribution in [0.2, 0.25) is 0 Å². The third kappa shape index (κ3) is 2.45.